The van der Waals surface area contributed by atoms with Gasteiger partial charge in [0.2, 0.25) is 0 Å². The van der Waals surface area contributed by atoms with Crippen LogP contribution in [-0.2, 0) is 4.79 Å². The van der Waals surface area contributed by atoms with E-state index in [4.69, 9.17) is 5.11 Å². The molecule has 1 rings (SSSR count). The summed E-state index contributed by atoms with van der Waals surface area (Å²) in [5.41, 5.74) is 0.791. The predicted molar refractivity (Wildman–Crippen MR) is 59.5 cm³/mol. The molecule has 0 spiro atoms. The number of carbonyl (C=O) groups is 2. The number of carboxylic acids is 1. The topological polar surface area (TPSA) is 99.5 Å². The lowest BCUT2D eigenvalue weighted by Gasteiger charge is -2.17. The van der Waals surface area contributed by atoms with Gasteiger partial charge in [-0.15, -0.1) is 0 Å². The molecule has 0 bridgehead atoms. The number of aliphatic hydroxyl groups is 1. The van der Waals surface area contributed by atoms with Gasteiger partial charge >= 0.3 is 5.97 Å². The number of carbonyl (C=O) groups excluding carboxylic acids is 1. The number of pyridine rings is 1. The third-order valence-electron chi connectivity index (χ3n) is 2.29. The molecule has 0 saturated carbocycles. The summed E-state index contributed by atoms with van der Waals surface area (Å²) in [6.45, 7) is 2.95. The molecule has 0 unspecified atom stereocenters. The molecule has 1 aromatic rings. The highest BCUT2D eigenvalue weighted by Crippen LogP contribution is 2.04. The number of rotatable bonds is 4. The van der Waals surface area contributed by atoms with Crippen LogP contribution in [0, 0.1) is 6.92 Å². The molecule has 1 heterocycles. The average Bonchev–Trinajstić information content (AvgIpc) is 2.25. The van der Waals surface area contributed by atoms with Gasteiger partial charge in [0.15, 0.2) is 6.04 Å². The number of hydrogen-bond donors (Lipinski definition) is 3. The van der Waals surface area contributed by atoms with Crippen LogP contribution in [0.3, 0.4) is 0 Å². The van der Waals surface area contributed by atoms with Crippen molar-refractivity contribution in [2.24, 2.45) is 0 Å². The van der Waals surface area contributed by atoms with Gasteiger partial charge in [-0.25, -0.2) is 4.79 Å². The lowest BCUT2D eigenvalue weighted by Crippen LogP contribution is -2.47. The van der Waals surface area contributed by atoms with Crippen LogP contribution in [0.2, 0.25) is 0 Å². The smallest absolute Gasteiger partial charge is 0.328 e. The van der Waals surface area contributed by atoms with Crippen molar-refractivity contribution >= 4 is 11.9 Å². The van der Waals surface area contributed by atoms with E-state index in [1.54, 1.807) is 19.1 Å². The third kappa shape index (κ3) is 3.25. The summed E-state index contributed by atoms with van der Waals surface area (Å²) < 4.78 is 0. The second-order valence-corrected chi connectivity index (χ2v) is 3.67. The first-order valence-electron chi connectivity index (χ1n) is 5.07. The van der Waals surface area contributed by atoms with E-state index in [0.717, 1.165) is 0 Å². The van der Waals surface area contributed by atoms with Gasteiger partial charge in [-0.3, -0.25) is 9.78 Å². The maximum Gasteiger partial charge on any atom is 0.328 e. The molecule has 3 N–H and O–H groups in total. The second kappa shape index (κ2) is 5.40. The van der Waals surface area contributed by atoms with Crippen molar-refractivity contribution in [1.29, 1.82) is 0 Å². The zero-order valence-electron chi connectivity index (χ0n) is 9.54. The van der Waals surface area contributed by atoms with E-state index in [2.05, 4.69) is 10.3 Å². The Morgan fingerprint density at radius 1 is 1.47 bits per heavy atom. The number of aryl methyl sites for hydroxylation is 1. The Balaban J connectivity index is 2.85. The Labute approximate surface area is 98.3 Å². The van der Waals surface area contributed by atoms with Crippen LogP contribution in [0.5, 0.6) is 0 Å². The Kier molecular flexibility index (Phi) is 4.17. The molecule has 0 radical (unpaired) electrons. The van der Waals surface area contributed by atoms with Crippen molar-refractivity contribution in [3.8, 4) is 0 Å². The van der Waals surface area contributed by atoms with Crippen LogP contribution < -0.4 is 5.32 Å². The normalized spacial score (nSPS) is 13.8. The Bertz CT molecular complexity index is 431. The SMILES string of the molecule is Cc1ncccc1C(=O)N[C@H](C(=O)O)[C@@H](C)O. The van der Waals surface area contributed by atoms with Crippen molar-refractivity contribution in [3.63, 3.8) is 0 Å². The summed E-state index contributed by atoms with van der Waals surface area (Å²) in [5, 5.41) is 20.3. The fourth-order valence-corrected chi connectivity index (χ4v) is 1.33. The van der Waals surface area contributed by atoms with Gasteiger partial charge in [0, 0.05) is 11.9 Å². The molecule has 6 nitrogen and oxygen atoms in total. The molecule has 0 aliphatic carbocycles. The van der Waals surface area contributed by atoms with E-state index >= 15 is 0 Å². The molecule has 6 heteroatoms. The van der Waals surface area contributed by atoms with Gasteiger partial charge in [0.1, 0.15) is 0 Å². The number of carboxylic acid groups (broad SMARTS) is 1. The fraction of sp³-hybridized carbons (Fsp3) is 0.364. The number of aliphatic hydroxyl groups excluding tert-OH is 1. The molecular weight excluding hydrogens is 224 g/mol. The van der Waals surface area contributed by atoms with Gasteiger partial charge in [0.25, 0.3) is 5.91 Å². The van der Waals surface area contributed by atoms with Crippen LogP contribution in [0.1, 0.15) is 23.0 Å². The molecule has 0 aromatic carbocycles. The molecule has 2 atom stereocenters. The fourth-order valence-electron chi connectivity index (χ4n) is 1.33. The summed E-state index contributed by atoms with van der Waals surface area (Å²) in [5.74, 6) is -1.85. The Hall–Kier alpha value is -1.95. The number of aromatic nitrogens is 1. The molecule has 0 aliphatic heterocycles. The van der Waals surface area contributed by atoms with Gasteiger partial charge in [0.05, 0.1) is 11.7 Å². The molecule has 1 aromatic heterocycles. The number of nitrogens with one attached hydrogen (secondary N) is 1. The highest BCUT2D eigenvalue weighted by molar-refractivity contribution is 5.97. The Morgan fingerprint density at radius 3 is 2.59 bits per heavy atom. The highest BCUT2D eigenvalue weighted by Gasteiger charge is 2.25. The van der Waals surface area contributed by atoms with Gasteiger partial charge in [-0.2, -0.15) is 0 Å². The maximum absolute atomic E-state index is 11.8. The number of nitrogens with zero attached hydrogens (tertiary/aromatic N) is 1. The molecule has 92 valence electrons. The van der Waals surface area contributed by atoms with Gasteiger partial charge in [-0.05, 0) is 26.0 Å². The van der Waals surface area contributed by atoms with Crippen LogP contribution in [-0.4, -0.2) is 39.2 Å². The van der Waals surface area contributed by atoms with Crippen molar-refractivity contribution in [2.45, 2.75) is 26.0 Å². The Morgan fingerprint density at radius 2 is 2.12 bits per heavy atom. The third-order valence-corrected chi connectivity index (χ3v) is 2.29. The first-order valence-corrected chi connectivity index (χ1v) is 5.07. The van der Waals surface area contributed by atoms with Crippen molar-refractivity contribution in [1.82, 2.24) is 10.3 Å². The number of amides is 1. The van der Waals surface area contributed by atoms with Crippen LogP contribution in [0.25, 0.3) is 0 Å². The number of hydrogen-bond acceptors (Lipinski definition) is 4. The summed E-state index contributed by atoms with van der Waals surface area (Å²) in [6, 6.07) is 1.79. The minimum Gasteiger partial charge on any atom is -0.480 e. The predicted octanol–water partition coefficient (Wildman–Crippen LogP) is -0.0462. The zero-order valence-corrected chi connectivity index (χ0v) is 9.54. The lowest BCUT2D eigenvalue weighted by atomic mass is 10.1. The standard InChI is InChI=1S/C11H14N2O4/c1-6-8(4-3-5-12-6)10(15)13-9(7(2)14)11(16)17/h3-5,7,9,14H,1-2H3,(H,13,15)(H,16,17)/t7-,9+/m1/s1. The zero-order chi connectivity index (χ0) is 13.0. The van der Waals surface area contributed by atoms with Crippen LogP contribution in [0.15, 0.2) is 18.3 Å². The first-order chi connectivity index (χ1) is 7.93. The van der Waals surface area contributed by atoms with Crippen LogP contribution >= 0.6 is 0 Å². The summed E-state index contributed by atoms with van der Waals surface area (Å²) in [6.07, 6.45) is 0.364. The minimum absolute atomic E-state index is 0.291. The molecule has 1 amide bonds. The van der Waals surface area contributed by atoms with E-state index < -0.39 is 24.0 Å². The molecule has 0 aliphatic rings. The average molecular weight is 238 g/mol. The number of aliphatic carboxylic acids is 1. The van der Waals surface area contributed by atoms with E-state index in [0.29, 0.717) is 11.3 Å². The minimum atomic E-state index is -1.33. The van der Waals surface area contributed by atoms with Gasteiger partial charge in [-0.1, -0.05) is 0 Å². The first kappa shape index (κ1) is 13.1. The summed E-state index contributed by atoms with van der Waals surface area (Å²) in [4.78, 5) is 26.5. The van der Waals surface area contributed by atoms with E-state index in [-0.39, 0.29) is 0 Å². The summed E-state index contributed by atoms with van der Waals surface area (Å²) in [7, 11) is 0. The maximum atomic E-state index is 11.8. The quantitative estimate of drug-likeness (QED) is 0.683. The van der Waals surface area contributed by atoms with Crippen molar-refractivity contribution in [3.05, 3.63) is 29.6 Å². The molecular formula is C11H14N2O4. The lowest BCUT2D eigenvalue weighted by molar-refractivity contribution is -0.141. The highest BCUT2D eigenvalue weighted by atomic mass is 16.4. The monoisotopic (exact) mass is 238 g/mol. The van der Waals surface area contributed by atoms with Gasteiger partial charge < -0.3 is 15.5 Å². The van der Waals surface area contributed by atoms with E-state index in [1.165, 1.54) is 13.1 Å². The largest absolute Gasteiger partial charge is 0.480 e. The second-order valence-electron chi connectivity index (χ2n) is 3.67. The van der Waals surface area contributed by atoms with Crippen LogP contribution in [0.4, 0.5) is 0 Å². The van der Waals surface area contributed by atoms with E-state index in [1.807, 2.05) is 0 Å². The van der Waals surface area contributed by atoms with Crippen molar-refractivity contribution < 1.29 is 19.8 Å². The summed E-state index contributed by atoms with van der Waals surface area (Å²) >= 11 is 0. The molecule has 0 saturated heterocycles. The van der Waals surface area contributed by atoms with E-state index in [9.17, 15) is 14.7 Å². The molecule has 0 fully saturated rings. The molecule has 17 heavy (non-hydrogen) atoms. The van der Waals surface area contributed by atoms with Crippen molar-refractivity contribution in [2.75, 3.05) is 0 Å².